The Bertz CT molecular complexity index is 420. The second-order valence-electron chi connectivity index (χ2n) is 4.03. The van der Waals surface area contributed by atoms with Crippen LogP contribution >= 0.6 is 0 Å². The molecule has 4 nitrogen and oxygen atoms in total. The Kier molecular flexibility index (Phi) is 4.31. The second-order valence-corrected chi connectivity index (χ2v) is 4.03. The molecule has 0 bridgehead atoms. The molecule has 0 saturated heterocycles. The molecule has 1 aromatic rings. The molecular formula is C12H18FN3O. The van der Waals surface area contributed by atoms with Crippen LogP contribution in [0.25, 0.3) is 0 Å². The lowest BCUT2D eigenvalue weighted by molar-refractivity contribution is 0.100. The van der Waals surface area contributed by atoms with Crippen LogP contribution in [0.15, 0.2) is 12.1 Å². The number of rotatable bonds is 5. The molecule has 0 aliphatic carbocycles. The molecule has 0 saturated carbocycles. The summed E-state index contributed by atoms with van der Waals surface area (Å²) in [5, 5.41) is 0. The molecule has 4 N–H and O–H groups in total. The third kappa shape index (κ3) is 3.09. The standard InChI is InChI=1S/C12H18FN3O/c1-3-4-5-16(2)11-6-8(12(15)17)10(14)7-9(11)13/h6-7H,3-5,14H2,1-2H3,(H2,15,17). The maximum atomic E-state index is 13.7. The number of carbonyl (C=O) groups is 1. The molecular weight excluding hydrogens is 221 g/mol. The SMILES string of the molecule is CCCCN(C)c1cc(C(N)=O)c(N)cc1F. The van der Waals surface area contributed by atoms with Gasteiger partial charge in [-0.1, -0.05) is 13.3 Å². The number of carbonyl (C=O) groups excluding carboxylic acids is 1. The van der Waals surface area contributed by atoms with Gasteiger partial charge in [0.1, 0.15) is 5.82 Å². The van der Waals surface area contributed by atoms with Gasteiger partial charge in [0, 0.05) is 19.3 Å². The number of amides is 1. The molecule has 0 aromatic heterocycles. The van der Waals surface area contributed by atoms with Crippen molar-refractivity contribution in [2.45, 2.75) is 19.8 Å². The molecule has 0 spiro atoms. The molecule has 0 radical (unpaired) electrons. The van der Waals surface area contributed by atoms with Crippen LogP contribution in [0, 0.1) is 5.82 Å². The first-order chi connectivity index (χ1) is 7.97. The van der Waals surface area contributed by atoms with E-state index >= 15 is 0 Å². The third-order valence-corrected chi connectivity index (χ3v) is 2.64. The van der Waals surface area contributed by atoms with E-state index in [2.05, 4.69) is 6.92 Å². The highest BCUT2D eigenvalue weighted by Gasteiger charge is 2.14. The summed E-state index contributed by atoms with van der Waals surface area (Å²) < 4.78 is 13.7. The van der Waals surface area contributed by atoms with E-state index in [1.807, 2.05) is 0 Å². The van der Waals surface area contributed by atoms with Gasteiger partial charge in [0.15, 0.2) is 0 Å². The van der Waals surface area contributed by atoms with E-state index in [4.69, 9.17) is 11.5 Å². The maximum absolute atomic E-state index is 13.7. The average molecular weight is 239 g/mol. The Morgan fingerprint density at radius 3 is 2.65 bits per heavy atom. The first kappa shape index (κ1) is 13.3. The fourth-order valence-corrected chi connectivity index (χ4v) is 1.60. The van der Waals surface area contributed by atoms with Gasteiger partial charge in [0.25, 0.3) is 5.91 Å². The Morgan fingerprint density at radius 1 is 1.47 bits per heavy atom. The van der Waals surface area contributed by atoms with E-state index < -0.39 is 11.7 Å². The summed E-state index contributed by atoms with van der Waals surface area (Å²) in [4.78, 5) is 12.9. The van der Waals surface area contributed by atoms with Crippen LogP contribution in [0.2, 0.25) is 0 Å². The van der Waals surface area contributed by atoms with Gasteiger partial charge in [0.05, 0.1) is 11.3 Å². The fourth-order valence-electron chi connectivity index (χ4n) is 1.60. The van der Waals surface area contributed by atoms with Gasteiger partial charge in [-0.25, -0.2) is 4.39 Å². The number of nitrogens with zero attached hydrogens (tertiary/aromatic N) is 1. The van der Waals surface area contributed by atoms with E-state index in [0.717, 1.165) is 25.5 Å². The van der Waals surface area contributed by atoms with Gasteiger partial charge in [0.2, 0.25) is 0 Å². The summed E-state index contributed by atoms with van der Waals surface area (Å²) in [6.07, 6.45) is 1.97. The Labute approximate surface area is 100 Å². The van der Waals surface area contributed by atoms with E-state index in [1.54, 1.807) is 11.9 Å². The smallest absolute Gasteiger partial charge is 0.250 e. The molecule has 94 valence electrons. The number of halogens is 1. The summed E-state index contributed by atoms with van der Waals surface area (Å²) in [5.41, 5.74) is 11.3. The van der Waals surface area contributed by atoms with Crippen molar-refractivity contribution in [2.75, 3.05) is 24.2 Å². The third-order valence-electron chi connectivity index (χ3n) is 2.64. The van der Waals surface area contributed by atoms with Crippen molar-refractivity contribution in [3.8, 4) is 0 Å². The van der Waals surface area contributed by atoms with Gasteiger partial charge in [-0.2, -0.15) is 0 Å². The van der Waals surface area contributed by atoms with Crippen LogP contribution < -0.4 is 16.4 Å². The van der Waals surface area contributed by atoms with E-state index in [-0.39, 0.29) is 11.3 Å². The molecule has 0 atom stereocenters. The lowest BCUT2D eigenvalue weighted by Gasteiger charge is -2.20. The molecule has 1 amide bonds. The van der Waals surface area contributed by atoms with E-state index in [0.29, 0.717) is 5.69 Å². The first-order valence-corrected chi connectivity index (χ1v) is 5.57. The topological polar surface area (TPSA) is 72.3 Å². The number of unbranched alkanes of at least 4 members (excludes halogenated alkanes) is 1. The molecule has 17 heavy (non-hydrogen) atoms. The highest BCUT2D eigenvalue weighted by molar-refractivity contribution is 5.99. The molecule has 0 aliphatic heterocycles. The van der Waals surface area contributed by atoms with Crippen LogP contribution in [-0.4, -0.2) is 19.5 Å². The number of hydrogen-bond acceptors (Lipinski definition) is 3. The zero-order valence-electron chi connectivity index (χ0n) is 10.2. The van der Waals surface area contributed by atoms with E-state index in [9.17, 15) is 9.18 Å². The van der Waals surface area contributed by atoms with Crippen LogP contribution in [0.1, 0.15) is 30.1 Å². The fraction of sp³-hybridized carbons (Fsp3) is 0.417. The molecule has 0 unspecified atom stereocenters. The second kappa shape index (κ2) is 5.52. The minimum atomic E-state index is -0.646. The van der Waals surface area contributed by atoms with Crippen LogP contribution in [-0.2, 0) is 0 Å². The number of nitrogen functional groups attached to an aromatic ring is 1. The Balaban J connectivity index is 3.06. The number of anilines is 2. The largest absolute Gasteiger partial charge is 0.398 e. The van der Waals surface area contributed by atoms with Crippen molar-refractivity contribution >= 4 is 17.3 Å². The molecule has 5 heteroatoms. The predicted molar refractivity (Wildman–Crippen MR) is 67.5 cm³/mol. The molecule has 0 fully saturated rings. The zero-order chi connectivity index (χ0) is 13.0. The van der Waals surface area contributed by atoms with Crippen molar-refractivity contribution in [3.05, 3.63) is 23.5 Å². The van der Waals surface area contributed by atoms with Crippen molar-refractivity contribution in [1.29, 1.82) is 0 Å². The van der Waals surface area contributed by atoms with Crippen molar-refractivity contribution < 1.29 is 9.18 Å². The number of nitrogens with two attached hydrogens (primary N) is 2. The molecule has 0 heterocycles. The molecule has 1 rings (SSSR count). The van der Waals surface area contributed by atoms with Gasteiger partial charge in [-0.05, 0) is 18.6 Å². The maximum Gasteiger partial charge on any atom is 0.250 e. The highest BCUT2D eigenvalue weighted by Crippen LogP contribution is 2.24. The summed E-state index contributed by atoms with van der Waals surface area (Å²) in [5.74, 6) is -1.08. The minimum Gasteiger partial charge on any atom is -0.398 e. The quantitative estimate of drug-likeness (QED) is 0.769. The lowest BCUT2D eigenvalue weighted by atomic mass is 10.1. The highest BCUT2D eigenvalue weighted by atomic mass is 19.1. The number of benzene rings is 1. The average Bonchev–Trinajstić information content (AvgIpc) is 2.25. The number of primary amides is 1. The Morgan fingerprint density at radius 2 is 2.12 bits per heavy atom. The zero-order valence-corrected chi connectivity index (χ0v) is 10.2. The van der Waals surface area contributed by atoms with Gasteiger partial charge in [-0.15, -0.1) is 0 Å². The monoisotopic (exact) mass is 239 g/mol. The minimum absolute atomic E-state index is 0.0719. The van der Waals surface area contributed by atoms with Crippen molar-refractivity contribution in [2.24, 2.45) is 5.73 Å². The van der Waals surface area contributed by atoms with Gasteiger partial charge >= 0.3 is 0 Å². The summed E-state index contributed by atoms with van der Waals surface area (Å²) in [6, 6.07) is 2.54. The Hall–Kier alpha value is -1.78. The van der Waals surface area contributed by atoms with Crippen LogP contribution in [0.4, 0.5) is 15.8 Å². The van der Waals surface area contributed by atoms with Crippen molar-refractivity contribution in [1.82, 2.24) is 0 Å². The van der Waals surface area contributed by atoms with Gasteiger partial charge < -0.3 is 16.4 Å². The van der Waals surface area contributed by atoms with Crippen LogP contribution in [0.5, 0.6) is 0 Å². The normalized spacial score (nSPS) is 10.3. The van der Waals surface area contributed by atoms with Crippen LogP contribution in [0.3, 0.4) is 0 Å². The first-order valence-electron chi connectivity index (χ1n) is 5.57. The summed E-state index contributed by atoms with van der Waals surface area (Å²) >= 11 is 0. The number of hydrogen-bond donors (Lipinski definition) is 2. The van der Waals surface area contributed by atoms with Gasteiger partial charge in [-0.3, -0.25) is 4.79 Å². The molecule has 0 aliphatic rings. The van der Waals surface area contributed by atoms with Crippen molar-refractivity contribution in [3.63, 3.8) is 0 Å². The van der Waals surface area contributed by atoms with E-state index in [1.165, 1.54) is 6.07 Å². The summed E-state index contributed by atoms with van der Waals surface area (Å²) in [6.45, 7) is 2.78. The summed E-state index contributed by atoms with van der Waals surface area (Å²) in [7, 11) is 1.77. The lowest BCUT2D eigenvalue weighted by Crippen LogP contribution is -2.21. The predicted octanol–water partition coefficient (Wildman–Crippen LogP) is 1.74. The molecule has 1 aromatic carbocycles.